The molecule has 0 amide bonds. The van der Waals surface area contributed by atoms with E-state index in [1.165, 1.54) is 0 Å². The maximum absolute atomic E-state index is 10.5. The highest BCUT2D eigenvalue weighted by atomic mass is 16.4. The number of phenolic OH excluding ortho intramolecular Hbond substituents is 1. The average Bonchev–Trinajstić information content (AvgIpc) is 2.24. The lowest BCUT2D eigenvalue weighted by Gasteiger charge is -2.08. The van der Waals surface area contributed by atoms with Crippen molar-refractivity contribution in [3.8, 4) is 5.75 Å². The van der Waals surface area contributed by atoms with Gasteiger partial charge >= 0.3 is 5.97 Å². The van der Waals surface area contributed by atoms with Gasteiger partial charge in [-0.05, 0) is 48.1 Å². The second-order valence-corrected chi connectivity index (χ2v) is 4.49. The molecule has 0 aliphatic rings. The van der Waals surface area contributed by atoms with Crippen LogP contribution in [0.25, 0.3) is 6.08 Å². The Morgan fingerprint density at radius 3 is 2.71 bits per heavy atom. The maximum Gasteiger partial charge on any atom is 0.328 e. The number of hydrogen-bond acceptors (Lipinski definition) is 2. The highest BCUT2D eigenvalue weighted by Crippen LogP contribution is 2.20. The molecule has 1 aromatic rings. The molecule has 2 N–H and O–H groups in total. The summed E-state index contributed by atoms with van der Waals surface area (Å²) in [7, 11) is 0. The molecule has 0 saturated carbocycles. The number of carbonyl (C=O) groups is 1. The zero-order valence-electron chi connectivity index (χ0n) is 10.2. The van der Waals surface area contributed by atoms with E-state index in [2.05, 4.69) is 13.8 Å². The predicted octanol–water partition coefficient (Wildman–Crippen LogP) is 3.08. The van der Waals surface area contributed by atoms with Crippen LogP contribution < -0.4 is 0 Å². The molecule has 0 saturated heterocycles. The molecule has 0 aromatic heterocycles. The number of carboxylic acid groups (broad SMARTS) is 1. The zero-order chi connectivity index (χ0) is 12.8. The first-order valence-corrected chi connectivity index (χ1v) is 5.72. The SMILES string of the molecule is CC(C)CCc1cc(O)ccc1C=CC(=O)O. The molecule has 1 aromatic carbocycles. The van der Waals surface area contributed by atoms with Gasteiger partial charge in [-0.25, -0.2) is 4.79 Å². The van der Waals surface area contributed by atoms with E-state index in [9.17, 15) is 9.90 Å². The lowest BCUT2D eigenvalue weighted by atomic mass is 9.98. The molecule has 0 atom stereocenters. The van der Waals surface area contributed by atoms with Gasteiger partial charge in [-0.1, -0.05) is 19.9 Å². The molecule has 0 radical (unpaired) electrons. The first kappa shape index (κ1) is 13.3. The minimum atomic E-state index is -0.965. The van der Waals surface area contributed by atoms with Crippen molar-refractivity contribution in [3.63, 3.8) is 0 Å². The second kappa shape index (κ2) is 6.09. The Labute approximate surface area is 101 Å². The lowest BCUT2D eigenvalue weighted by Crippen LogP contribution is -1.95. The average molecular weight is 234 g/mol. The van der Waals surface area contributed by atoms with Gasteiger partial charge in [-0.15, -0.1) is 0 Å². The van der Waals surface area contributed by atoms with Crippen LogP contribution in [0.2, 0.25) is 0 Å². The Bertz CT molecular complexity index is 419. The summed E-state index contributed by atoms with van der Waals surface area (Å²) in [4.78, 5) is 10.5. The van der Waals surface area contributed by atoms with Gasteiger partial charge in [0, 0.05) is 6.08 Å². The fourth-order valence-corrected chi connectivity index (χ4v) is 1.58. The molecule has 0 fully saturated rings. The smallest absolute Gasteiger partial charge is 0.328 e. The number of aryl methyl sites for hydroxylation is 1. The van der Waals surface area contributed by atoms with Crippen molar-refractivity contribution in [2.45, 2.75) is 26.7 Å². The molecule has 0 aliphatic heterocycles. The third-order valence-electron chi connectivity index (χ3n) is 2.52. The van der Waals surface area contributed by atoms with Gasteiger partial charge in [0.25, 0.3) is 0 Å². The summed E-state index contributed by atoms with van der Waals surface area (Å²) in [5, 5.41) is 18.0. The fourth-order valence-electron chi connectivity index (χ4n) is 1.58. The first-order chi connectivity index (χ1) is 7.99. The zero-order valence-corrected chi connectivity index (χ0v) is 10.2. The number of aliphatic carboxylic acids is 1. The van der Waals surface area contributed by atoms with E-state index in [0.717, 1.165) is 30.0 Å². The summed E-state index contributed by atoms with van der Waals surface area (Å²) in [6.07, 6.45) is 4.53. The molecular formula is C14H18O3. The van der Waals surface area contributed by atoms with E-state index < -0.39 is 5.97 Å². The molecule has 0 unspecified atom stereocenters. The van der Waals surface area contributed by atoms with Crippen molar-refractivity contribution in [2.75, 3.05) is 0 Å². The summed E-state index contributed by atoms with van der Waals surface area (Å²) in [6, 6.07) is 5.01. The van der Waals surface area contributed by atoms with Crippen molar-refractivity contribution in [3.05, 3.63) is 35.4 Å². The van der Waals surface area contributed by atoms with E-state index >= 15 is 0 Å². The molecule has 92 valence electrons. The van der Waals surface area contributed by atoms with Crippen LogP contribution in [0.5, 0.6) is 5.75 Å². The largest absolute Gasteiger partial charge is 0.508 e. The Morgan fingerprint density at radius 2 is 2.12 bits per heavy atom. The van der Waals surface area contributed by atoms with Crippen molar-refractivity contribution in [1.82, 2.24) is 0 Å². The van der Waals surface area contributed by atoms with Gasteiger partial charge in [-0.2, -0.15) is 0 Å². The van der Waals surface area contributed by atoms with Crippen LogP contribution in [0.1, 0.15) is 31.4 Å². The topological polar surface area (TPSA) is 57.5 Å². The molecule has 0 bridgehead atoms. The molecular weight excluding hydrogens is 216 g/mol. The van der Waals surface area contributed by atoms with Crippen LogP contribution in [0.3, 0.4) is 0 Å². The van der Waals surface area contributed by atoms with E-state index in [1.54, 1.807) is 24.3 Å². The van der Waals surface area contributed by atoms with Crippen molar-refractivity contribution >= 4 is 12.0 Å². The van der Waals surface area contributed by atoms with Gasteiger partial charge in [0.1, 0.15) is 5.75 Å². The number of aromatic hydroxyl groups is 1. The fraction of sp³-hybridized carbons (Fsp3) is 0.357. The molecule has 3 nitrogen and oxygen atoms in total. The first-order valence-electron chi connectivity index (χ1n) is 5.72. The van der Waals surface area contributed by atoms with E-state index in [-0.39, 0.29) is 5.75 Å². The lowest BCUT2D eigenvalue weighted by molar-refractivity contribution is -0.131. The van der Waals surface area contributed by atoms with Gasteiger partial charge in [0.2, 0.25) is 0 Å². The summed E-state index contributed by atoms with van der Waals surface area (Å²) < 4.78 is 0. The number of phenols is 1. The number of carboxylic acids is 1. The Kier molecular flexibility index (Phi) is 4.76. The minimum absolute atomic E-state index is 0.219. The highest BCUT2D eigenvalue weighted by molar-refractivity contribution is 5.85. The Hall–Kier alpha value is -1.77. The summed E-state index contributed by atoms with van der Waals surface area (Å²) >= 11 is 0. The molecule has 17 heavy (non-hydrogen) atoms. The molecule has 0 heterocycles. The molecule has 0 spiro atoms. The van der Waals surface area contributed by atoms with Crippen LogP contribution in [0, 0.1) is 5.92 Å². The van der Waals surface area contributed by atoms with E-state index in [1.807, 2.05) is 0 Å². The Morgan fingerprint density at radius 1 is 1.41 bits per heavy atom. The summed E-state index contributed by atoms with van der Waals surface area (Å²) in [5.41, 5.74) is 1.84. The number of hydrogen-bond donors (Lipinski definition) is 2. The summed E-state index contributed by atoms with van der Waals surface area (Å²) in [6.45, 7) is 4.27. The normalized spacial score (nSPS) is 11.2. The van der Waals surface area contributed by atoms with Crippen LogP contribution in [0.4, 0.5) is 0 Å². The number of benzene rings is 1. The van der Waals surface area contributed by atoms with Crippen LogP contribution in [-0.2, 0) is 11.2 Å². The van der Waals surface area contributed by atoms with Crippen LogP contribution in [0.15, 0.2) is 24.3 Å². The van der Waals surface area contributed by atoms with Gasteiger partial charge in [-0.3, -0.25) is 0 Å². The molecule has 3 heteroatoms. The van der Waals surface area contributed by atoms with Gasteiger partial charge in [0.15, 0.2) is 0 Å². The van der Waals surface area contributed by atoms with Crippen LogP contribution >= 0.6 is 0 Å². The molecule has 1 rings (SSSR count). The van der Waals surface area contributed by atoms with Gasteiger partial charge in [0.05, 0.1) is 0 Å². The van der Waals surface area contributed by atoms with E-state index in [0.29, 0.717) is 5.92 Å². The third-order valence-corrected chi connectivity index (χ3v) is 2.52. The highest BCUT2D eigenvalue weighted by Gasteiger charge is 2.03. The van der Waals surface area contributed by atoms with Crippen LogP contribution in [-0.4, -0.2) is 16.2 Å². The van der Waals surface area contributed by atoms with Gasteiger partial charge < -0.3 is 10.2 Å². The molecule has 0 aliphatic carbocycles. The Balaban J connectivity index is 2.91. The van der Waals surface area contributed by atoms with Crippen molar-refractivity contribution in [1.29, 1.82) is 0 Å². The predicted molar refractivity (Wildman–Crippen MR) is 67.9 cm³/mol. The van der Waals surface area contributed by atoms with E-state index in [4.69, 9.17) is 5.11 Å². The second-order valence-electron chi connectivity index (χ2n) is 4.49. The summed E-state index contributed by atoms with van der Waals surface area (Å²) in [5.74, 6) is -0.169. The quantitative estimate of drug-likeness (QED) is 0.770. The monoisotopic (exact) mass is 234 g/mol. The number of rotatable bonds is 5. The third kappa shape index (κ3) is 4.72. The standard InChI is InChI=1S/C14H18O3/c1-10(2)3-4-12-9-13(15)7-5-11(12)6-8-14(16)17/h5-10,15H,3-4H2,1-2H3,(H,16,17). The van der Waals surface area contributed by atoms with Crippen molar-refractivity contribution < 1.29 is 15.0 Å². The minimum Gasteiger partial charge on any atom is -0.508 e. The van der Waals surface area contributed by atoms with Crippen molar-refractivity contribution in [2.24, 2.45) is 5.92 Å². The maximum atomic E-state index is 10.5.